The topological polar surface area (TPSA) is 87.3 Å². The number of carbonyl (C=O) groups excluding carboxylic acids is 1. The molecule has 0 spiro atoms. The molecular weight excluding hydrogens is 308 g/mol. The average Bonchev–Trinajstić information content (AvgIpc) is 2.97. The van der Waals surface area contributed by atoms with Gasteiger partial charge in [-0.2, -0.15) is 0 Å². The molecule has 7 nitrogen and oxygen atoms in total. The Morgan fingerprint density at radius 3 is 2.83 bits per heavy atom. The van der Waals surface area contributed by atoms with Crippen LogP contribution >= 0.6 is 0 Å². The van der Waals surface area contributed by atoms with Gasteiger partial charge in [0.15, 0.2) is 5.69 Å². The third-order valence-corrected chi connectivity index (χ3v) is 4.46. The third kappa shape index (κ3) is 3.18. The molecule has 0 bridgehead atoms. The molecule has 1 saturated heterocycles. The number of hydrogen-bond acceptors (Lipinski definition) is 5. The summed E-state index contributed by atoms with van der Waals surface area (Å²) >= 11 is 0. The third-order valence-electron chi connectivity index (χ3n) is 4.46. The normalized spacial score (nSPS) is 21.5. The van der Waals surface area contributed by atoms with Crippen molar-refractivity contribution in [2.45, 2.75) is 32.0 Å². The Hall–Kier alpha value is -2.25. The second-order valence-electron chi connectivity index (χ2n) is 6.33. The van der Waals surface area contributed by atoms with E-state index in [0.29, 0.717) is 23.6 Å². The number of carbonyl (C=O) groups is 1. The number of nitrogens with zero attached hydrogens (tertiary/aromatic N) is 2. The van der Waals surface area contributed by atoms with Gasteiger partial charge in [-0.3, -0.25) is 14.5 Å². The molecule has 24 heavy (non-hydrogen) atoms. The molecule has 7 heteroatoms. The predicted molar refractivity (Wildman–Crippen MR) is 91.1 cm³/mol. The zero-order chi connectivity index (χ0) is 17.3. The van der Waals surface area contributed by atoms with Crippen LogP contribution in [0.5, 0.6) is 0 Å². The first-order valence-electron chi connectivity index (χ1n) is 8.06. The molecule has 0 unspecified atom stereocenters. The standard InChI is InChI=1S/C17H22N4O3/c1-10(2)21-8-13(14(9-21)24-3)20-17(23)15-16(22)19-12-7-5-4-6-11(12)18-15/h4-7,10,13-14H,8-9H2,1-3H3,(H,19,22)(H,20,23)/t13-,14-/m0/s1. The van der Waals surface area contributed by atoms with Gasteiger partial charge in [0, 0.05) is 26.2 Å². The van der Waals surface area contributed by atoms with Crippen molar-refractivity contribution in [3.05, 3.63) is 40.3 Å². The molecule has 2 N–H and O–H groups in total. The van der Waals surface area contributed by atoms with Crippen LogP contribution in [-0.2, 0) is 4.74 Å². The van der Waals surface area contributed by atoms with Gasteiger partial charge >= 0.3 is 0 Å². The first-order valence-corrected chi connectivity index (χ1v) is 8.06. The highest BCUT2D eigenvalue weighted by Crippen LogP contribution is 2.16. The molecule has 1 aliphatic rings. The molecule has 1 fully saturated rings. The molecule has 0 saturated carbocycles. The van der Waals surface area contributed by atoms with Gasteiger partial charge in [0.1, 0.15) is 0 Å². The van der Waals surface area contributed by atoms with E-state index in [4.69, 9.17) is 4.74 Å². The monoisotopic (exact) mass is 330 g/mol. The van der Waals surface area contributed by atoms with Crippen molar-refractivity contribution >= 4 is 16.9 Å². The SMILES string of the molecule is CO[C@H]1CN(C(C)C)C[C@@H]1NC(=O)c1nc2ccccc2[nH]c1=O. The first-order chi connectivity index (χ1) is 11.5. The molecule has 2 heterocycles. The molecule has 1 aliphatic heterocycles. The van der Waals surface area contributed by atoms with Crippen LogP contribution in [0.3, 0.4) is 0 Å². The lowest BCUT2D eigenvalue weighted by Gasteiger charge is -2.19. The minimum atomic E-state index is -0.487. The lowest BCUT2D eigenvalue weighted by Crippen LogP contribution is -2.45. The molecule has 1 aromatic carbocycles. The first kappa shape index (κ1) is 16.6. The van der Waals surface area contributed by atoms with Crippen LogP contribution in [0.1, 0.15) is 24.3 Å². The largest absolute Gasteiger partial charge is 0.378 e. The van der Waals surface area contributed by atoms with Crippen LogP contribution in [0.15, 0.2) is 29.1 Å². The van der Waals surface area contributed by atoms with Crippen molar-refractivity contribution in [2.24, 2.45) is 0 Å². The minimum absolute atomic E-state index is 0.101. The number of aromatic amines is 1. The van der Waals surface area contributed by atoms with E-state index in [1.165, 1.54) is 0 Å². The van der Waals surface area contributed by atoms with Gasteiger partial charge in [0.05, 0.1) is 23.2 Å². The summed E-state index contributed by atoms with van der Waals surface area (Å²) in [5, 5.41) is 2.90. The second kappa shape index (κ2) is 6.70. The van der Waals surface area contributed by atoms with Crippen LogP contribution in [0.2, 0.25) is 0 Å². The van der Waals surface area contributed by atoms with Gasteiger partial charge in [-0.1, -0.05) is 12.1 Å². The Morgan fingerprint density at radius 2 is 2.12 bits per heavy atom. The summed E-state index contributed by atoms with van der Waals surface area (Å²) in [7, 11) is 1.63. The van der Waals surface area contributed by atoms with Crippen molar-refractivity contribution in [3.8, 4) is 0 Å². The number of hydrogen-bond donors (Lipinski definition) is 2. The summed E-state index contributed by atoms with van der Waals surface area (Å²) in [5.74, 6) is -0.473. The molecule has 128 valence electrons. The van der Waals surface area contributed by atoms with Crippen LogP contribution in [0.4, 0.5) is 0 Å². The Bertz CT molecular complexity index is 802. The van der Waals surface area contributed by atoms with Gasteiger partial charge in [-0.05, 0) is 26.0 Å². The highest BCUT2D eigenvalue weighted by Gasteiger charge is 2.35. The fraction of sp³-hybridized carbons (Fsp3) is 0.471. The molecule has 1 aromatic heterocycles. The lowest BCUT2D eigenvalue weighted by molar-refractivity contribution is 0.0749. The van der Waals surface area contributed by atoms with Crippen LogP contribution in [0.25, 0.3) is 11.0 Å². The van der Waals surface area contributed by atoms with E-state index in [1.807, 2.05) is 12.1 Å². The zero-order valence-corrected chi connectivity index (χ0v) is 14.1. The lowest BCUT2D eigenvalue weighted by atomic mass is 10.2. The van der Waals surface area contributed by atoms with Crippen molar-refractivity contribution in [1.82, 2.24) is 20.2 Å². The zero-order valence-electron chi connectivity index (χ0n) is 14.1. The number of nitrogens with one attached hydrogen (secondary N) is 2. The number of para-hydroxylation sites is 2. The van der Waals surface area contributed by atoms with Gasteiger partial charge < -0.3 is 15.0 Å². The number of amides is 1. The number of ether oxygens (including phenoxy) is 1. The molecule has 3 rings (SSSR count). The molecule has 1 amide bonds. The Balaban J connectivity index is 1.82. The fourth-order valence-electron chi connectivity index (χ4n) is 3.02. The van der Waals surface area contributed by atoms with Crippen LogP contribution in [-0.4, -0.2) is 59.2 Å². The van der Waals surface area contributed by atoms with Gasteiger partial charge in [0.25, 0.3) is 11.5 Å². The van der Waals surface area contributed by atoms with E-state index in [1.54, 1.807) is 19.2 Å². The van der Waals surface area contributed by atoms with Gasteiger partial charge in [-0.15, -0.1) is 0 Å². The maximum Gasteiger partial charge on any atom is 0.280 e. The molecule has 2 atom stereocenters. The predicted octanol–water partition coefficient (Wildman–Crippen LogP) is 0.760. The number of rotatable bonds is 4. The summed E-state index contributed by atoms with van der Waals surface area (Å²) in [6, 6.07) is 7.33. The number of benzene rings is 1. The van der Waals surface area contributed by atoms with Crippen molar-refractivity contribution in [1.29, 1.82) is 0 Å². The van der Waals surface area contributed by atoms with Crippen molar-refractivity contribution in [3.63, 3.8) is 0 Å². The van der Waals surface area contributed by atoms with E-state index in [-0.39, 0.29) is 17.8 Å². The van der Waals surface area contributed by atoms with E-state index >= 15 is 0 Å². The van der Waals surface area contributed by atoms with E-state index in [9.17, 15) is 9.59 Å². The molecular formula is C17H22N4O3. The maximum absolute atomic E-state index is 12.5. The highest BCUT2D eigenvalue weighted by molar-refractivity contribution is 5.93. The quantitative estimate of drug-likeness (QED) is 0.864. The average molecular weight is 330 g/mol. The van der Waals surface area contributed by atoms with Crippen molar-refractivity contribution < 1.29 is 9.53 Å². The van der Waals surface area contributed by atoms with Gasteiger partial charge in [-0.25, -0.2) is 4.98 Å². The number of fused-ring (bicyclic) bond motifs is 1. The smallest absolute Gasteiger partial charge is 0.280 e. The van der Waals surface area contributed by atoms with E-state index < -0.39 is 11.5 Å². The maximum atomic E-state index is 12.5. The number of H-pyrrole nitrogens is 1. The van der Waals surface area contributed by atoms with Crippen molar-refractivity contribution in [2.75, 3.05) is 20.2 Å². The summed E-state index contributed by atoms with van der Waals surface area (Å²) in [5.41, 5.74) is 0.590. The highest BCUT2D eigenvalue weighted by atomic mass is 16.5. The van der Waals surface area contributed by atoms with Crippen LogP contribution in [0, 0.1) is 0 Å². The fourth-order valence-corrected chi connectivity index (χ4v) is 3.02. The van der Waals surface area contributed by atoms with E-state index in [0.717, 1.165) is 6.54 Å². The number of methoxy groups -OCH3 is 1. The Morgan fingerprint density at radius 1 is 1.38 bits per heavy atom. The summed E-state index contributed by atoms with van der Waals surface area (Å²) in [6.45, 7) is 5.65. The van der Waals surface area contributed by atoms with Crippen LogP contribution < -0.4 is 10.9 Å². The van der Waals surface area contributed by atoms with Gasteiger partial charge in [0.2, 0.25) is 0 Å². The molecule has 2 aromatic rings. The number of likely N-dealkylation sites (tertiary alicyclic amines) is 1. The summed E-state index contributed by atoms with van der Waals surface area (Å²) in [6.07, 6.45) is -0.101. The minimum Gasteiger partial charge on any atom is -0.378 e. The molecule has 0 aliphatic carbocycles. The summed E-state index contributed by atoms with van der Waals surface area (Å²) < 4.78 is 5.48. The number of aromatic nitrogens is 2. The Kier molecular flexibility index (Phi) is 4.64. The molecule has 0 radical (unpaired) electrons. The summed E-state index contributed by atoms with van der Waals surface area (Å²) in [4.78, 5) is 33.8. The Labute approximate surface area is 140 Å². The van der Waals surface area contributed by atoms with E-state index in [2.05, 4.69) is 34.0 Å². The second-order valence-corrected chi connectivity index (χ2v) is 6.33.